The molecule has 5 rings (SSSR count). The highest BCUT2D eigenvalue weighted by Crippen LogP contribution is 2.23. The highest BCUT2D eigenvalue weighted by Gasteiger charge is 2.19. The minimum atomic E-state index is -4.01. The molecule has 206 valence electrons. The lowest BCUT2D eigenvalue weighted by Gasteiger charge is -2.28. The fourth-order valence-electron chi connectivity index (χ4n) is 4.39. The average molecular weight is 561 g/mol. The number of sulfonamides is 1. The second kappa shape index (κ2) is 11.2. The van der Waals surface area contributed by atoms with Crippen LogP contribution in [0.3, 0.4) is 0 Å². The van der Waals surface area contributed by atoms with Gasteiger partial charge in [-0.05, 0) is 42.5 Å². The molecule has 0 bridgehead atoms. The summed E-state index contributed by atoms with van der Waals surface area (Å²) in [5, 5.41) is 1.77. The van der Waals surface area contributed by atoms with Crippen LogP contribution in [0.1, 0.15) is 15.9 Å². The van der Waals surface area contributed by atoms with Crippen molar-refractivity contribution < 1.29 is 17.9 Å². The van der Waals surface area contributed by atoms with Crippen LogP contribution in [0.2, 0.25) is 0 Å². The maximum absolute atomic E-state index is 12.9. The molecular weight excluding hydrogens is 532 g/mol. The molecule has 1 aliphatic heterocycles. The van der Waals surface area contributed by atoms with Gasteiger partial charge in [0, 0.05) is 41.9 Å². The van der Waals surface area contributed by atoms with E-state index in [1.54, 1.807) is 54.6 Å². The van der Waals surface area contributed by atoms with Gasteiger partial charge in [-0.25, -0.2) is 19.0 Å². The molecule has 0 radical (unpaired) electrons. The Balaban J connectivity index is 1.36. The molecule has 1 saturated heterocycles. The van der Waals surface area contributed by atoms with Crippen molar-refractivity contribution in [3.05, 3.63) is 106 Å². The second-order valence-electron chi connectivity index (χ2n) is 9.13. The van der Waals surface area contributed by atoms with Crippen molar-refractivity contribution in [2.75, 3.05) is 36.2 Å². The number of amides is 1. The van der Waals surface area contributed by atoms with E-state index in [1.165, 1.54) is 35.5 Å². The lowest BCUT2D eigenvalue weighted by atomic mass is 10.1. The summed E-state index contributed by atoms with van der Waals surface area (Å²) in [6.07, 6.45) is 1.50. The fourth-order valence-corrected chi connectivity index (χ4v) is 5.39. The molecule has 0 spiro atoms. The van der Waals surface area contributed by atoms with E-state index >= 15 is 0 Å². The maximum Gasteiger partial charge on any atom is 0.264 e. The van der Waals surface area contributed by atoms with Crippen LogP contribution < -0.4 is 31.6 Å². The molecule has 0 unspecified atom stereocenters. The van der Waals surface area contributed by atoms with Gasteiger partial charge in [0.25, 0.3) is 15.9 Å². The molecule has 4 aromatic rings. The average Bonchev–Trinajstić information content (AvgIpc) is 2.97. The quantitative estimate of drug-likeness (QED) is 0.196. The molecule has 1 fully saturated rings. The normalized spacial score (nSPS) is 14.2. The summed E-state index contributed by atoms with van der Waals surface area (Å²) in [5.74, 6) is 6.16. The number of aromatic amines is 1. The first kappa shape index (κ1) is 26.9. The van der Waals surface area contributed by atoms with Gasteiger partial charge in [-0.15, -0.1) is 0 Å². The van der Waals surface area contributed by atoms with Gasteiger partial charge in [0.1, 0.15) is 5.82 Å². The van der Waals surface area contributed by atoms with Crippen LogP contribution in [-0.2, 0) is 14.8 Å². The number of aromatic nitrogens is 1. The predicted octanol–water partition coefficient (Wildman–Crippen LogP) is 2.12. The number of para-hydroxylation sites is 1. The van der Waals surface area contributed by atoms with Crippen LogP contribution >= 0.6 is 0 Å². The first-order valence-corrected chi connectivity index (χ1v) is 13.9. The van der Waals surface area contributed by atoms with Crippen molar-refractivity contribution in [2.24, 2.45) is 11.6 Å². The molecule has 1 amide bonds. The van der Waals surface area contributed by atoms with Crippen LogP contribution in [0.5, 0.6) is 0 Å². The van der Waals surface area contributed by atoms with Gasteiger partial charge in [0.05, 0.1) is 35.0 Å². The van der Waals surface area contributed by atoms with Gasteiger partial charge < -0.3 is 20.4 Å². The summed E-state index contributed by atoms with van der Waals surface area (Å²) in [6, 6.07) is 20.5. The van der Waals surface area contributed by atoms with Crippen molar-refractivity contribution >= 4 is 44.0 Å². The zero-order chi connectivity index (χ0) is 28.3. The van der Waals surface area contributed by atoms with E-state index in [9.17, 15) is 18.0 Å². The molecule has 0 aliphatic carbocycles. The van der Waals surface area contributed by atoms with Crippen molar-refractivity contribution in [3.8, 4) is 0 Å². The van der Waals surface area contributed by atoms with Crippen molar-refractivity contribution in [2.45, 2.75) is 4.90 Å². The smallest absolute Gasteiger partial charge is 0.264 e. The molecule has 0 saturated carbocycles. The number of hydrogen-bond donors (Lipinski definition) is 4. The Kier molecular flexibility index (Phi) is 7.56. The Morgan fingerprint density at radius 2 is 1.70 bits per heavy atom. The van der Waals surface area contributed by atoms with E-state index in [4.69, 9.17) is 16.3 Å². The maximum atomic E-state index is 12.9. The number of H-pyrrole nitrogens is 1. The van der Waals surface area contributed by atoms with Gasteiger partial charge in [0.15, 0.2) is 5.43 Å². The van der Waals surface area contributed by atoms with Crippen LogP contribution in [0, 0.1) is 0 Å². The largest absolute Gasteiger partial charge is 0.397 e. The summed E-state index contributed by atoms with van der Waals surface area (Å²) in [5.41, 5.74) is 8.43. The summed E-state index contributed by atoms with van der Waals surface area (Å²) in [4.78, 5) is 30.8. The number of carbonyl (C=O) groups is 1. The third-order valence-electron chi connectivity index (χ3n) is 6.50. The third-order valence-corrected chi connectivity index (χ3v) is 7.85. The van der Waals surface area contributed by atoms with Crippen LogP contribution in [-0.4, -0.2) is 45.6 Å². The highest BCUT2D eigenvalue weighted by atomic mass is 32.2. The number of rotatable bonds is 7. The lowest BCUT2D eigenvalue weighted by molar-refractivity contribution is 0.0981. The molecule has 1 aliphatic rings. The minimum Gasteiger partial charge on any atom is -0.397 e. The summed E-state index contributed by atoms with van der Waals surface area (Å²) in [6.45, 7) is 2.49. The monoisotopic (exact) mass is 560 g/mol. The molecule has 12 heteroatoms. The van der Waals surface area contributed by atoms with Crippen LogP contribution in [0.25, 0.3) is 16.6 Å². The van der Waals surface area contributed by atoms with E-state index in [2.05, 4.69) is 14.6 Å². The number of nitrogens with zero attached hydrogens (tertiary/aromatic N) is 2. The van der Waals surface area contributed by atoms with Gasteiger partial charge in [-0.3, -0.25) is 14.6 Å². The fraction of sp³-hybridized carbons (Fsp3) is 0.143. The first-order chi connectivity index (χ1) is 19.2. The standard InChI is InChI=1S/C28H28N6O5S/c29-24(22-7-4-8-23-25(35)17-26(31-27(22)23)33-13-15-39-16-14-33)18-34(30)20-11-9-19(10-12-20)28(36)32-40(37,38)21-5-2-1-3-6-21/h1-12,17-18H,13-16,29-30H2,(H,31,35)(H,32,36)/b24-18-. The van der Waals surface area contributed by atoms with Crippen molar-refractivity contribution in [1.82, 2.24) is 9.71 Å². The van der Waals surface area contributed by atoms with E-state index in [0.717, 1.165) is 0 Å². The number of nitrogens with two attached hydrogens (primary N) is 2. The number of morpholine rings is 1. The molecule has 1 aromatic heterocycles. The van der Waals surface area contributed by atoms with Crippen molar-refractivity contribution in [3.63, 3.8) is 0 Å². The van der Waals surface area contributed by atoms with Gasteiger partial charge >= 0.3 is 0 Å². The molecule has 40 heavy (non-hydrogen) atoms. The minimum absolute atomic E-state index is 0.0134. The van der Waals surface area contributed by atoms with Crippen LogP contribution in [0.15, 0.2) is 94.8 Å². The van der Waals surface area contributed by atoms with E-state index in [1.807, 2.05) is 0 Å². The number of anilines is 2. The summed E-state index contributed by atoms with van der Waals surface area (Å²) < 4.78 is 32.4. The number of carbonyl (C=O) groups excluding carboxylic acids is 1. The molecule has 3 aromatic carbocycles. The zero-order valence-corrected chi connectivity index (χ0v) is 22.2. The highest BCUT2D eigenvalue weighted by molar-refractivity contribution is 7.90. The molecule has 6 N–H and O–H groups in total. The number of hydrazine groups is 1. The Morgan fingerprint density at radius 3 is 2.40 bits per heavy atom. The molecular formula is C28H28N6O5S. The second-order valence-corrected chi connectivity index (χ2v) is 10.8. The molecule has 11 nitrogen and oxygen atoms in total. The number of fused-ring (bicyclic) bond motifs is 1. The van der Waals surface area contributed by atoms with E-state index in [0.29, 0.717) is 60.0 Å². The Labute approximate surface area is 230 Å². The SMILES string of the molecule is N/C(=C\N(N)c1ccc(C(=O)NS(=O)(=O)c2ccccc2)cc1)c1cccc2c(=O)cc(N3CCOCC3)[nH]c12. The Morgan fingerprint density at radius 1 is 1.00 bits per heavy atom. The third kappa shape index (κ3) is 5.69. The summed E-state index contributed by atoms with van der Waals surface area (Å²) >= 11 is 0. The van der Waals surface area contributed by atoms with Gasteiger partial charge in [-0.2, -0.15) is 0 Å². The van der Waals surface area contributed by atoms with E-state index < -0.39 is 15.9 Å². The zero-order valence-electron chi connectivity index (χ0n) is 21.4. The van der Waals surface area contributed by atoms with Crippen LogP contribution in [0.4, 0.5) is 11.5 Å². The Hall–Kier alpha value is -4.65. The number of benzene rings is 3. The van der Waals surface area contributed by atoms with Gasteiger partial charge in [0.2, 0.25) is 0 Å². The number of pyridine rings is 1. The van der Waals surface area contributed by atoms with E-state index in [-0.39, 0.29) is 15.9 Å². The number of hydrogen-bond acceptors (Lipinski definition) is 9. The number of ether oxygens (including phenoxy) is 1. The summed E-state index contributed by atoms with van der Waals surface area (Å²) in [7, 11) is -4.01. The first-order valence-electron chi connectivity index (χ1n) is 12.5. The molecule has 0 atom stereocenters. The number of nitrogens with one attached hydrogen (secondary N) is 2. The topological polar surface area (TPSA) is 164 Å². The predicted molar refractivity (Wildman–Crippen MR) is 154 cm³/mol. The Bertz CT molecular complexity index is 1730. The molecule has 2 heterocycles. The lowest BCUT2D eigenvalue weighted by Crippen LogP contribution is -2.37. The van der Waals surface area contributed by atoms with Crippen molar-refractivity contribution in [1.29, 1.82) is 0 Å². The van der Waals surface area contributed by atoms with Gasteiger partial charge in [-0.1, -0.05) is 30.3 Å².